The standard InChI is InChI=1S/C30H27F2N3O4/c31-22-11-21(22)30(37)34-19-7-5-16(6-8-19)15-1-3-17(4-2-15)27-23(32)12-25-24(35-27)10-20(33-25)9-18-13-38-29-26(36)14-39-28(18)29/h1-8,10,12,18,21-22,26,28-29,33,36H,9,11,13-14H2,(H,34,37)/t18?,21?,22?,26?,28-,29?/m1/s1. The molecule has 1 aliphatic carbocycles. The Morgan fingerprint density at radius 1 is 1.00 bits per heavy atom. The number of halogens is 2. The number of aromatic amines is 1. The molecule has 4 aromatic rings. The number of carbonyl (C=O) groups excluding carboxylic acids is 1. The lowest BCUT2D eigenvalue weighted by Gasteiger charge is -2.14. The Morgan fingerprint density at radius 2 is 1.67 bits per heavy atom. The molecule has 2 aromatic carbocycles. The molecule has 3 N–H and O–H groups in total. The van der Waals surface area contributed by atoms with Gasteiger partial charge in [0, 0.05) is 28.9 Å². The van der Waals surface area contributed by atoms with Crippen LogP contribution in [-0.4, -0.2) is 58.7 Å². The zero-order chi connectivity index (χ0) is 26.7. The lowest BCUT2D eigenvalue weighted by molar-refractivity contribution is -0.117. The van der Waals surface area contributed by atoms with E-state index < -0.39 is 24.0 Å². The summed E-state index contributed by atoms with van der Waals surface area (Å²) in [7, 11) is 0. The number of pyridine rings is 1. The van der Waals surface area contributed by atoms with Gasteiger partial charge in [-0.05, 0) is 42.2 Å². The quantitative estimate of drug-likeness (QED) is 0.337. The van der Waals surface area contributed by atoms with Crippen molar-refractivity contribution in [3.8, 4) is 22.4 Å². The number of H-pyrrole nitrogens is 1. The number of rotatable bonds is 6. The molecule has 0 spiro atoms. The summed E-state index contributed by atoms with van der Waals surface area (Å²) in [6.07, 6.45) is -1.07. The summed E-state index contributed by atoms with van der Waals surface area (Å²) < 4.78 is 39.6. The molecule has 200 valence electrons. The number of carbonyl (C=O) groups is 1. The highest BCUT2D eigenvalue weighted by molar-refractivity contribution is 5.95. The van der Waals surface area contributed by atoms with Crippen LogP contribution in [0, 0.1) is 17.7 Å². The Balaban J connectivity index is 1.06. The number of amides is 1. The van der Waals surface area contributed by atoms with E-state index in [1.807, 2.05) is 42.5 Å². The number of aromatic nitrogens is 2. The molecule has 1 saturated carbocycles. The SMILES string of the molecule is O=C(Nc1ccc(-c2ccc(-c3nc4cc(CC5COC6C(O)CO[C@H]56)[nH]c4cc3F)cc2)cc1)C1CC1F. The Bertz CT molecular complexity index is 1540. The van der Waals surface area contributed by atoms with Crippen molar-refractivity contribution in [3.63, 3.8) is 0 Å². The lowest BCUT2D eigenvalue weighted by atomic mass is 9.96. The molecule has 2 aliphatic heterocycles. The van der Waals surface area contributed by atoms with Crippen molar-refractivity contribution in [1.29, 1.82) is 0 Å². The summed E-state index contributed by atoms with van der Waals surface area (Å²) in [5.41, 5.74) is 5.65. The number of ether oxygens (including phenoxy) is 2. The second kappa shape index (κ2) is 9.51. The molecule has 2 aromatic heterocycles. The summed E-state index contributed by atoms with van der Waals surface area (Å²) in [6, 6.07) is 18.2. The fraction of sp³-hybridized carbons (Fsp3) is 0.333. The summed E-state index contributed by atoms with van der Waals surface area (Å²) in [4.78, 5) is 19.8. The Kier molecular flexibility index (Phi) is 5.95. The molecule has 0 radical (unpaired) electrons. The molecule has 39 heavy (non-hydrogen) atoms. The maximum atomic E-state index is 15.1. The Labute approximate surface area is 223 Å². The number of alkyl halides is 1. The van der Waals surface area contributed by atoms with E-state index in [0.717, 1.165) is 16.8 Å². The highest BCUT2D eigenvalue weighted by Gasteiger charge is 2.47. The van der Waals surface area contributed by atoms with Gasteiger partial charge in [-0.3, -0.25) is 4.79 Å². The molecule has 5 unspecified atom stereocenters. The third-order valence-corrected chi connectivity index (χ3v) is 7.92. The molecule has 3 aliphatic rings. The first-order valence-corrected chi connectivity index (χ1v) is 13.2. The molecule has 6 atom stereocenters. The van der Waals surface area contributed by atoms with Crippen molar-refractivity contribution in [2.75, 3.05) is 18.5 Å². The van der Waals surface area contributed by atoms with Crippen LogP contribution in [0.15, 0.2) is 60.7 Å². The molecule has 0 bridgehead atoms. The van der Waals surface area contributed by atoms with Crippen LogP contribution in [0.2, 0.25) is 0 Å². The van der Waals surface area contributed by atoms with Gasteiger partial charge in [-0.25, -0.2) is 13.8 Å². The van der Waals surface area contributed by atoms with Crippen LogP contribution in [-0.2, 0) is 20.7 Å². The number of aliphatic hydroxyl groups is 1. The van der Waals surface area contributed by atoms with Crippen molar-refractivity contribution in [2.24, 2.45) is 11.8 Å². The van der Waals surface area contributed by atoms with Gasteiger partial charge in [-0.15, -0.1) is 0 Å². The maximum absolute atomic E-state index is 15.1. The van der Waals surface area contributed by atoms with Gasteiger partial charge in [0.15, 0.2) is 5.82 Å². The predicted molar refractivity (Wildman–Crippen MR) is 141 cm³/mol. The topological polar surface area (TPSA) is 96.5 Å². The highest BCUT2D eigenvalue weighted by Crippen LogP contribution is 2.36. The number of fused-ring (bicyclic) bond motifs is 2. The van der Waals surface area contributed by atoms with E-state index in [1.54, 1.807) is 12.1 Å². The van der Waals surface area contributed by atoms with Crippen molar-refractivity contribution >= 4 is 22.6 Å². The fourth-order valence-corrected chi connectivity index (χ4v) is 5.65. The largest absolute Gasteiger partial charge is 0.388 e. The van der Waals surface area contributed by atoms with Crippen LogP contribution < -0.4 is 5.32 Å². The number of benzene rings is 2. The summed E-state index contributed by atoms with van der Waals surface area (Å²) in [5.74, 6) is -1.12. The number of hydrogen-bond acceptors (Lipinski definition) is 5. The van der Waals surface area contributed by atoms with Gasteiger partial charge in [0.2, 0.25) is 5.91 Å². The van der Waals surface area contributed by atoms with E-state index in [4.69, 9.17) is 9.47 Å². The van der Waals surface area contributed by atoms with Gasteiger partial charge in [-0.2, -0.15) is 0 Å². The lowest BCUT2D eigenvalue weighted by Crippen LogP contribution is -2.29. The van der Waals surface area contributed by atoms with Crippen molar-refractivity contribution < 1.29 is 28.2 Å². The first-order valence-electron chi connectivity index (χ1n) is 13.2. The minimum absolute atomic E-state index is 0.114. The number of nitrogens with zero attached hydrogens (tertiary/aromatic N) is 1. The smallest absolute Gasteiger partial charge is 0.230 e. The van der Waals surface area contributed by atoms with Crippen molar-refractivity contribution in [3.05, 3.63) is 72.2 Å². The summed E-state index contributed by atoms with van der Waals surface area (Å²) in [6.45, 7) is 0.803. The number of hydrogen-bond donors (Lipinski definition) is 3. The number of aliphatic hydroxyl groups excluding tert-OH is 1. The molecule has 3 fully saturated rings. The molecule has 1 amide bonds. The monoisotopic (exact) mass is 531 g/mol. The summed E-state index contributed by atoms with van der Waals surface area (Å²) in [5, 5.41) is 12.7. The third kappa shape index (κ3) is 4.60. The third-order valence-electron chi connectivity index (χ3n) is 7.92. The molecule has 7 nitrogen and oxygen atoms in total. The van der Waals surface area contributed by atoms with E-state index in [1.165, 1.54) is 6.07 Å². The van der Waals surface area contributed by atoms with Crippen LogP contribution in [0.3, 0.4) is 0 Å². The van der Waals surface area contributed by atoms with E-state index >= 15 is 4.39 Å². The molecule has 2 saturated heterocycles. The van der Waals surface area contributed by atoms with E-state index in [-0.39, 0.29) is 29.7 Å². The fourth-order valence-electron chi connectivity index (χ4n) is 5.65. The van der Waals surface area contributed by atoms with Crippen LogP contribution >= 0.6 is 0 Å². The highest BCUT2D eigenvalue weighted by atomic mass is 19.1. The first-order chi connectivity index (χ1) is 18.9. The molecule has 4 heterocycles. The zero-order valence-electron chi connectivity index (χ0n) is 20.9. The first kappa shape index (κ1) is 24.4. The average molecular weight is 532 g/mol. The maximum Gasteiger partial charge on any atom is 0.230 e. The van der Waals surface area contributed by atoms with Crippen LogP contribution in [0.1, 0.15) is 12.1 Å². The normalized spacial score (nSPS) is 27.6. The zero-order valence-corrected chi connectivity index (χ0v) is 20.9. The van der Waals surface area contributed by atoms with Crippen LogP contribution in [0.4, 0.5) is 14.5 Å². The van der Waals surface area contributed by atoms with E-state index in [9.17, 15) is 14.3 Å². The molecular weight excluding hydrogens is 504 g/mol. The Morgan fingerprint density at radius 3 is 2.38 bits per heavy atom. The van der Waals surface area contributed by atoms with E-state index in [0.29, 0.717) is 48.3 Å². The number of nitrogens with one attached hydrogen (secondary N) is 2. The van der Waals surface area contributed by atoms with Gasteiger partial charge in [-0.1, -0.05) is 36.4 Å². The van der Waals surface area contributed by atoms with Gasteiger partial charge in [0.25, 0.3) is 0 Å². The van der Waals surface area contributed by atoms with Crippen molar-refractivity contribution in [2.45, 2.75) is 37.3 Å². The summed E-state index contributed by atoms with van der Waals surface area (Å²) >= 11 is 0. The van der Waals surface area contributed by atoms with Crippen molar-refractivity contribution in [1.82, 2.24) is 9.97 Å². The van der Waals surface area contributed by atoms with E-state index in [2.05, 4.69) is 15.3 Å². The van der Waals surface area contributed by atoms with Gasteiger partial charge in [0.05, 0.1) is 36.3 Å². The average Bonchev–Trinajstić information content (AvgIpc) is 3.22. The van der Waals surface area contributed by atoms with Crippen LogP contribution in [0.5, 0.6) is 0 Å². The second-order valence-corrected chi connectivity index (χ2v) is 10.7. The van der Waals surface area contributed by atoms with Crippen LogP contribution in [0.25, 0.3) is 33.4 Å². The minimum Gasteiger partial charge on any atom is -0.388 e. The van der Waals surface area contributed by atoms with Gasteiger partial charge < -0.3 is 24.9 Å². The molecule has 9 heteroatoms. The van der Waals surface area contributed by atoms with Gasteiger partial charge >= 0.3 is 0 Å². The Hall–Kier alpha value is -3.66. The molecule has 7 rings (SSSR count). The second-order valence-electron chi connectivity index (χ2n) is 10.7. The minimum atomic E-state index is -1.03. The predicted octanol–water partition coefficient (Wildman–Crippen LogP) is 4.65. The van der Waals surface area contributed by atoms with Gasteiger partial charge in [0.1, 0.15) is 24.1 Å². The number of anilines is 1. The molecular formula is C30H27F2N3O4.